The van der Waals surface area contributed by atoms with Gasteiger partial charge in [0, 0.05) is 18.8 Å². The highest BCUT2D eigenvalue weighted by atomic mass is 35.5. The van der Waals surface area contributed by atoms with Gasteiger partial charge in [0.1, 0.15) is 0 Å². The lowest BCUT2D eigenvalue weighted by Gasteiger charge is -2.30. The fourth-order valence-corrected chi connectivity index (χ4v) is 2.11. The molecule has 2 rings (SSSR count). The molecule has 1 aliphatic heterocycles. The van der Waals surface area contributed by atoms with Crippen LogP contribution in [0.3, 0.4) is 0 Å². The smallest absolute Gasteiger partial charge is 0.0398 e. The fourth-order valence-electron chi connectivity index (χ4n) is 2.11. The van der Waals surface area contributed by atoms with E-state index in [2.05, 4.69) is 36.1 Å². The Morgan fingerprint density at radius 2 is 2.07 bits per heavy atom. The van der Waals surface area contributed by atoms with E-state index in [0.717, 1.165) is 0 Å². The molecule has 0 radical (unpaired) electrons. The quantitative estimate of drug-likeness (QED) is 0.726. The van der Waals surface area contributed by atoms with Crippen molar-refractivity contribution in [2.45, 2.75) is 26.2 Å². The van der Waals surface area contributed by atoms with Crippen LogP contribution in [0.5, 0.6) is 0 Å². The summed E-state index contributed by atoms with van der Waals surface area (Å²) in [7, 11) is 0. The van der Waals surface area contributed by atoms with Crippen LogP contribution < -0.4 is 4.90 Å². The summed E-state index contributed by atoms with van der Waals surface area (Å²) in [5, 5.41) is 0. The standard InChI is InChI=1S/C12H17N.ClH/c1-2-9-13-10-5-7-11-6-3-4-8-12(11)13;/h3-4,6,8H,2,5,7,9-10H2,1H3;1H. The molecule has 0 amide bonds. The Morgan fingerprint density at radius 3 is 2.86 bits per heavy atom. The van der Waals surface area contributed by atoms with Crippen molar-refractivity contribution in [2.24, 2.45) is 0 Å². The number of anilines is 1. The van der Waals surface area contributed by atoms with Gasteiger partial charge >= 0.3 is 0 Å². The summed E-state index contributed by atoms with van der Waals surface area (Å²) < 4.78 is 0. The molecule has 0 saturated carbocycles. The number of hydrogen-bond donors (Lipinski definition) is 0. The second-order valence-electron chi connectivity index (χ2n) is 3.72. The van der Waals surface area contributed by atoms with Gasteiger partial charge in [-0.15, -0.1) is 12.4 Å². The van der Waals surface area contributed by atoms with Gasteiger partial charge in [-0.25, -0.2) is 0 Å². The highest BCUT2D eigenvalue weighted by molar-refractivity contribution is 5.85. The van der Waals surface area contributed by atoms with Gasteiger partial charge in [0.25, 0.3) is 0 Å². The molecule has 14 heavy (non-hydrogen) atoms. The van der Waals surface area contributed by atoms with Crippen LogP contribution in [-0.4, -0.2) is 13.1 Å². The van der Waals surface area contributed by atoms with Gasteiger partial charge in [-0.2, -0.15) is 0 Å². The fraction of sp³-hybridized carbons (Fsp3) is 0.500. The van der Waals surface area contributed by atoms with Crippen molar-refractivity contribution in [1.29, 1.82) is 0 Å². The van der Waals surface area contributed by atoms with Crippen LogP contribution in [-0.2, 0) is 6.42 Å². The SMILES string of the molecule is CCCN1CCCc2ccccc21.Cl. The van der Waals surface area contributed by atoms with Crippen LogP contribution in [0.1, 0.15) is 25.3 Å². The summed E-state index contributed by atoms with van der Waals surface area (Å²) in [6.07, 6.45) is 3.82. The average molecular weight is 212 g/mol. The Bertz CT molecular complexity index is 285. The average Bonchev–Trinajstić information content (AvgIpc) is 2.19. The molecule has 1 nitrogen and oxygen atoms in total. The van der Waals surface area contributed by atoms with Crippen LogP contribution in [0.25, 0.3) is 0 Å². The molecule has 0 spiro atoms. The molecule has 0 fully saturated rings. The number of hydrogen-bond acceptors (Lipinski definition) is 1. The largest absolute Gasteiger partial charge is 0.371 e. The van der Waals surface area contributed by atoms with Crippen molar-refractivity contribution in [3.05, 3.63) is 29.8 Å². The third-order valence-corrected chi connectivity index (χ3v) is 2.70. The van der Waals surface area contributed by atoms with E-state index in [4.69, 9.17) is 0 Å². The summed E-state index contributed by atoms with van der Waals surface area (Å²) in [5.41, 5.74) is 3.00. The normalized spacial score (nSPS) is 14.5. The van der Waals surface area contributed by atoms with E-state index >= 15 is 0 Å². The molecule has 0 unspecified atom stereocenters. The maximum Gasteiger partial charge on any atom is 0.0398 e. The van der Waals surface area contributed by atoms with E-state index in [9.17, 15) is 0 Å². The predicted molar refractivity (Wildman–Crippen MR) is 64.5 cm³/mol. The maximum atomic E-state index is 2.51. The van der Waals surface area contributed by atoms with Crippen LogP contribution in [0.4, 0.5) is 5.69 Å². The highest BCUT2D eigenvalue weighted by Crippen LogP contribution is 2.26. The summed E-state index contributed by atoms with van der Waals surface area (Å²) in [5.74, 6) is 0. The summed E-state index contributed by atoms with van der Waals surface area (Å²) in [6, 6.07) is 8.81. The van der Waals surface area contributed by atoms with E-state index in [1.165, 1.54) is 43.6 Å². The predicted octanol–water partition coefficient (Wildman–Crippen LogP) is 3.27. The van der Waals surface area contributed by atoms with E-state index in [-0.39, 0.29) is 12.4 Å². The molecule has 0 aromatic heterocycles. The topological polar surface area (TPSA) is 3.24 Å². The number of aryl methyl sites for hydroxylation is 1. The van der Waals surface area contributed by atoms with Crippen molar-refractivity contribution in [3.8, 4) is 0 Å². The Hall–Kier alpha value is -0.690. The zero-order valence-corrected chi connectivity index (χ0v) is 9.52. The third kappa shape index (κ3) is 2.21. The Labute approximate surface area is 92.5 Å². The Kier molecular flexibility index (Phi) is 4.27. The molecule has 0 saturated heterocycles. The number of fused-ring (bicyclic) bond motifs is 1. The van der Waals surface area contributed by atoms with Crippen LogP contribution in [0.15, 0.2) is 24.3 Å². The van der Waals surface area contributed by atoms with Gasteiger partial charge in [-0.05, 0) is 30.9 Å². The first kappa shape index (κ1) is 11.4. The number of para-hydroxylation sites is 1. The van der Waals surface area contributed by atoms with Crippen LogP contribution in [0.2, 0.25) is 0 Å². The first-order valence-corrected chi connectivity index (χ1v) is 5.24. The van der Waals surface area contributed by atoms with E-state index in [1.54, 1.807) is 0 Å². The maximum absolute atomic E-state index is 2.51. The number of nitrogens with zero attached hydrogens (tertiary/aromatic N) is 1. The molecule has 1 heterocycles. The molecule has 1 aliphatic rings. The van der Waals surface area contributed by atoms with Crippen molar-refractivity contribution >= 4 is 18.1 Å². The summed E-state index contributed by atoms with van der Waals surface area (Å²) in [4.78, 5) is 2.51. The number of rotatable bonds is 2. The van der Waals surface area contributed by atoms with E-state index in [1.807, 2.05) is 0 Å². The van der Waals surface area contributed by atoms with Gasteiger partial charge in [0.05, 0.1) is 0 Å². The second kappa shape index (κ2) is 5.26. The van der Waals surface area contributed by atoms with Crippen LogP contribution >= 0.6 is 12.4 Å². The molecule has 0 atom stereocenters. The van der Waals surface area contributed by atoms with Gasteiger partial charge in [0.15, 0.2) is 0 Å². The molecular formula is C12H18ClN. The highest BCUT2D eigenvalue weighted by Gasteiger charge is 2.14. The Morgan fingerprint density at radius 1 is 1.29 bits per heavy atom. The molecule has 0 bridgehead atoms. The first-order valence-electron chi connectivity index (χ1n) is 5.24. The van der Waals surface area contributed by atoms with Crippen molar-refractivity contribution in [2.75, 3.05) is 18.0 Å². The molecular weight excluding hydrogens is 194 g/mol. The lowest BCUT2D eigenvalue weighted by atomic mass is 10.0. The minimum absolute atomic E-state index is 0. The second-order valence-corrected chi connectivity index (χ2v) is 3.72. The first-order chi connectivity index (χ1) is 6.42. The molecule has 1 aromatic carbocycles. The zero-order chi connectivity index (χ0) is 9.10. The van der Waals surface area contributed by atoms with E-state index < -0.39 is 0 Å². The van der Waals surface area contributed by atoms with Crippen LogP contribution in [0, 0.1) is 0 Å². The summed E-state index contributed by atoms with van der Waals surface area (Å²) >= 11 is 0. The molecule has 1 aromatic rings. The Balaban J connectivity index is 0.000000980. The lowest BCUT2D eigenvalue weighted by molar-refractivity contribution is 0.681. The monoisotopic (exact) mass is 211 g/mol. The zero-order valence-electron chi connectivity index (χ0n) is 8.70. The molecule has 2 heteroatoms. The number of benzene rings is 1. The van der Waals surface area contributed by atoms with Gasteiger partial charge in [-0.3, -0.25) is 0 Å². The summed E-state index contributed by atoms with van der Waals surface area (Å²) in [6.45, 7) is 4.69. The number of halogens is 1. The molecule has 0 aliphatic carbocycles. The third-order valence-electron chi connectivity index (χ3n) is 2.70. The lowest BCUT2D eigenvalue weighted by Crippen LogP contribution is -2.29. The van der Waals surface area contributed by atoms with Gasteiger partial charge in [0.2, 0.25) is 0 Å². The molecule has 0 N–H and O–H groups in total. The van der Waals surface area contributed by atoms with Crippen molar-refractivity contribution in [3.63, 3.8) is 0 Å². The van der Waals surface area contributed by atoms with Crippen molar-refractivity contribution in [1.82, 2.24) is 0 Å². The minimum atomic E-state index is 0. The molecule has 78 valence electrons. The van der Waals surface area contributed by atoms with E-state index in [0.29, 0.717) is 0 Å². The van der Waals surface area contributed by atoms with Gasteiger partial charge < -0.3 is 4.90 Å². The van der Waals surface area contributed by atoms with Gasteiger partial charge in [-0.1, -0.05) is 25.1 Å². The minimum Gasteiger partial charge on any atom is -0.371 e. The van der Waals surface area contributed by atoms with Crippen molar-refractivity contribution < 1.29 is 0 Å².